The topological polar surface area (TPSA) is 87.5 Å². The van der Waals surface area contributed by atoms with Crippen molar-refractivity contribution in [1.29, 1.82) is 0 Å². The summed E-state index contributed by atoms with van der Waals surface area (Å²) in [6.07, 6.45) is 1.78. The highest BCUT2D eigenvalue weighted by molar-refractivity contribution is 5.88. The average Bonchev–Trinajstić information content (AvgIpc) is 2.67. The van der Waals surface area contributed by atoms with E-state index in [1.807, 2.05) is 6.07 Å². The van der Waals surface area contributed by atoms with Gasteiger partial charge in [-0.1, -0.05) is 13.3 Å². The van der Waals surface area contributed by atoms with Gasteiger partial charge in [-0.3, -0.25) is 14.8 Å². The van der Waals surface area contributed by atoms with Crippen LogP contribution in [0.3, 0.4) is 0 Å². The number of urea groups is 1. The van der Waals surface area contributed by atoms with Crippen molar-refractivity contribution in [2.24, 2.45) is 7.05 Å². The molecule has 0 bridgehead atoms. The Bertz CT molecular complexity index is 456. The Morgan fingerprint density at radius 3 is 2.79 bits per heavy atom. The van der Waals surface area contributed by atoms with Crippen molar-refractivity contribution in [2.45, 2.75) is 26.2 Å². The molecule has 106 valence electrons. The van der Waals surface area contributed by atoms with Crippen LogP contribution >= 0.6 is 0 Å². The Kier molecular flexibility index (Phi) is 5.35. The Labute approximate surface area is 112 Å². The standard InChI is InChI=1S/C12H20N4O3/c1-4-5-9-8-10(16(3)14-9)13-12(19)15(2)7-6-11(17)18/h8H,4-7H2,1-3H3,(H,13,19)(H,17,18). The zero-order valence-corrected chi connectivity index (χ0v) is 11.5. The second kappa shape index (κ2) is 6.77. The first-order valence-electron chi connectivity index (χ1n) is 6.20. The number of aryl methyl sites for hydroxylation is 2. The van der Waals surface area contributed by atoms with E-state index in [1.54, 1.807) is 18.8 Å². The summed E-state index contributed by atoms with van der Waals surface area (Å²) in [6, 6.07) is 1.49. The van der Waals surface area contributed by atoms with E-state index in [0.29, 0.717) is 5.82 Å². The molecule has 0 aromatic carbocycles. The predicted molar refractivity (Wildman–Crippen MR) is 71.1 cm³/mol. The van der Waals surface area contributed by atoms with Crippen LogP contribution < -0.4 is 5.32 Å². The van der Waals surface area contributed by atoms with Gasteiger partial charge in [-0.25, -0.2) is 4.79 Å². The third-order valence-corrected chi connectivity index (χ3v) is 2.68. The number of aromatic nitrogens is 2. The molecule has 0 atom stereocenters. The van der Waals surface area contributed by atoms with Crippen LogP contribution in [0.15, 0.2) is 6.07 Å². The van der Waals surface area contributed by atoms with Gasteiger partial charge < -0.3 is 10.0 Å². The summed E-state index contributed by atoms with van der Waals surface area (Å²) < 4.78 is 1.61. The summed E-state index contributed by atoms with van der Waals surface area (Å²) >= 11 is 0. The summed E-state index contributed by atoms with van der Waals surface area (Å²) in [7, 11) is 3.31. The number of nitrogens with zero attached hydrogens (tertiary/aromatic N) is 3. The molecule has 0 aliphatic heterocycles. The lowest BCUT2D eigenvalue weighted by molar-refractivity contribution is -0.137. The highest BCUT2D eigenvalue weighted by atomic mass is 16.4. The fourth-order valence-corrected chi connectivity index (χ4v) is 1.59. The number of carbonyl (C=O) groups is 2. The molecular formula is C12H20N4O3. The molecule has 19 heavy (non-hydrogen) atoms. The van der Waals surface area contributed by atoms with Gasteiger partial charge in [-0.15, -0.1) is 0 Å². The molecule has 7 heteroatoms. The molecule has 2 N–H and O–H groups in total. The van der Waals surface area contributed by atoms with Crippen LogP contribution in [0.5, 0.6) is 0 Å². The highest BCUT2D eigenvalue weighted by Crippen LogP contribution is 2.11. The predicted octanol–water partition coefficient (Wildman–Crippen LogP) is 1.31. The Morgan fingerprint density at radius 2 is 2.21 bits per heavy atom. The van der Waals surface area contributed by atoms with Gasteiger partial charge in [0.2, 0.25) is 0 Å². The third-order valence-electron chi connectivity index (χ3n) is 2.68. The van der Waals surface area contributed by atoms with Crippen molar-refractivity contribution in [1.82, 2.24) is 14.7 Å². The molecule has 0 saturated heterocycles. The maximum Gasteiger partial charge on any atom is 0.322 e. The summed E-state index contributed by atoms with van der Waals surface area (Å²) in [5, 5.41) is 15.6. The van der Waals surface area contributed by atoms with Crippen LogP contribution in [0, 0.1) is 0 Å². The van der Waals surface area contributed by atoms with E-state index in [0.717, 1.165) is 18.5 Å². The summed E-state index contributed by atoms with van der Waals surface area (Å²) in [6.45, 7) is 2.23. The Balaban J connectivity index is 2.58. The Morgan fingerprint density at radius 1 is 1.53 bits per heavy atom. The largest absolute Gasteiger partial charge is 0.481 e. The quantitative estimate of drug-likeness (QED) is 0.814. The maximum atomic E-state index is 11.8. The van der Waals surface area contributed by atoms with Crippen LogP contribution in [0.4, 0.5) is 10.6 Å². The Hall–Kier alpha value is -2.05. The minimum Gasteiger partial charge on any atom is -0.481 e. The first kappa shape index (κ1) is 15.0. The zero-order chi connectivity index (χ0) is 14.4. The molecule has 0 fully saturated rings. The SMILES string of the molecule is CCCc1cc(NC(=O)N(C)CCC(=O)O)n(C)n1. The number of rotatable bonds is 6. The molecule has 1 rings (SSSR count). The third kappa shape index (κ3) is 4.61. The van der Waals surface area contributed by atoms with E-state index in [9.17, 15) is 9.59 Å². The fourth-order valence-electron chi connectivity index (χ4n) is 1.59. The number of carbonyl (C=O) groups excluding carboxylic acids is 1. The number of hydrogen-bond acceptors (Lipinski definition) is 3. The molecule has 0 unspecified atom stereocenters. The van der Waals surface area contributed by atoms with Gasteiger partial charge in [-0.05, 0) is 6.42 Å². The summed E-state index contributed by atoms with van der Waals surface area (Å²) in [5.74, 6) is -0.318. The number of amides is 2. The fraction of sp³-hybridized carbons (Fsp3) is 0.583. The van der Waals surface area contributed by atoms with Gasteiger partial charge in [0.15, 0.2) is 0 Å². The van der Waals surface area contributed by atoms with Crippen molar-refractivity contribution in [2.75, 3.05) is 18.9 Å². The number of carboxylic acid groups (broad SMARTS) is 1. The first-order valence-corrected chi connectivity index (χ1v) is 6.20. The number of anilines is 1. The van der Waals surface area contributed by atoms with E-state index in [1.165, 1.54) is 4.90 Å². The van der Waals surface area contributed by atoms with E-state index >= 15 is 0 Å². The number of carboxylic acids is 1. The molecule has 0 aliphatic rings. The van der Waals surface area contributed by atoms with Crippen molar-refractivity contribution in [3.05, 3.63) is 11.8 Å². The van der Waals surface area contributed by atoms with Gasteiger partial charge in [0.1, 0.15) is 5.82 Å². The van der Waals surface area contributed by atoms with Crippen molar-refractivity contribution >= 4 is 17.8 Å². The molecular weight excluding hydrogens is 248 g/mol. The molecule has 0 aliphatic carbocycles. The minimum absolute atomic E-state index is 0.0730. The van der Waals surface area contributed by atoms with E-state index in [4.69, 9.17) is 5.11 Å². The highest BCUT2D eigenvalue weighted by Gasteiger charge is 2.13. The van der Waals surface area contributed by atoms with Crippen molar-refractivity contribution in [3.8, 4) is 0 Å². The molecule has 0 saturated carbocycles. The molecule has 2 amide bonds. The molecule has 1 heterocycles. The number of aliphatic carboxylic acids is 1. The second-order valence-electron chi connectivity index (χ2n) is 4.39. The number of nitrogens with one attached hydrogen (secondary N) is 1. The van der Waals surface area contributed by atoms with Gasteiger partial charge >= 0.3 is 12.0 Å². The maximum absolute atomic E-state index is 11.8. The van der Waals surface area contributed by atoms with E-state index in [2.05, 4.69) is 17.3 Å². The number of hydrogen-bond donors (Lipinski definition) is 2. The zero-order valence-electron chi connectivity index (χ0n) is 11.5. The van der Waals surface area contributed by atoms with Gasteiger partial charge in [0, 0.05) is 26.7 Å². The van der Waals surface area contributed by atoms with Crippen LogP contribution in [0.25, 0.3) is 0 Å². The van der Waals surface area contributed by atoms with Gasteiger partial charge in [-0.2, -0.15) is 5.10 Å². The monoisotopic (exact) mass is 268 g/mol. The van der Waals surface area contributed by atoms with E-state index in [-0.39, 0.29) is 19.0 Å². The minimum atomic E-state index is -0.926. The van der Waals surface area contributed by atoms with Crippen molar-refractivity contribution in [3.63, 3.8) is 0 Å². The summed E-state index contributed by atoms with van der Waals surface area (Å²) in [5.41, 5.74) is 0.925. The van der Waals surface area contributed by atoms with Crippen LogP contribution in [0.2, 0.25) is 0 Å². The normalized spacial score (nSPS) is 10.3. The van der Waals surface area contributed by atoms with Crippen LogP contribution in [-0.2, 0) is 18.3 Å². The van der Waals surface area contributed by atoms with Gasteiger partial charge in [0.25, 0.3) is 0 Å². The molecule has 7 nitrogen and oxygen atoms in total. The lowest BCUT2D eigenvalue weighted by Gasteiger charge is -2.16. The average molecular weight is 268 g/mol. The molecule has 0 radical (unpaired) electrons. The molecule has 0 spiro atoms. The van der Waals surface area contributed by atoms with Crippen molar-refractivity contribution < 1.29 is 14.7 Å². The lowest BCUT2D eigenvalue weighted by atomic mass is 10.2. The van der Waals surface area contributed by atoms with Gasteiger partial charge in [0.05, 0.1) is 12.1 Å². The van der Waals surface area contributed by atoms with Crippen LogP contribution in [-0.4, -0.2) is 45.4 Å². The summed E-state index contributed by atoms with van der Waals surface area (Å²) in [4.78, 5) is 23.6. The second-order valence-corrected chi connectivity index (χ2v) is 4.39. The smallest absolute Gasteiger partial charge is 0.322 e. The van der Waals surface area contributed by atoms with E-state index < -0.39 is 5.97 Å². The first-order chi connectivity index (χ1) is 8.93. The molecule has 1 aromatic heterocycles. The lowest BCUT2D eigenvalue weighted by Crippen LogP contribution is -2.33. The molecule has 1 aromatic rings. The van der Waals surface area contributed by atoms with Crippen LogP contribution in [0.1, 0.15) is 25.5 Å².